The average molecular weight is 285 g/mol. The molecule has 2 heteroatoms. The van der Waals surface area contributed by atoms with Crippen molar-refractivity contribution >= 4 is 17.4 Å². The van der Waals surface area contributed by atoms with Crippen LogP contribution in [-0.2, 0) is 12.8 Å². The molecule has 2 aromatic carbocycles. The highest BCUT2D eigenvalue weighted by molar-refractivity contribution is 7.11. The summed E-state index contributed by atoms with van der Waals surface area (Å²) in [5.41, 5.74) is 3.06. The summed E-state index contributed by atoms with van der Waals surface area (Å²) in [5, 5.41) is 0. The molecule has 0 saturated heterocycles. The van der Waals surface area contributed by atoms with Crippen LogP contribution in [0.1, 0.15) is 11.1 Å². The third kappa shape index (κ3) is 5.17. The van der Waals surface area contributed by atoms with Crippen LogP contribution >= 0.6 is 0 Å². The Morgan fingerprint density at radius 3 is 1.53 bits per heavy atom. The Balaban J connectivity index is 1.77. The minimum atomic E-state index is -0.414. The molecule has 19 heavy (non-hydrogen) atoms. The lowest BCUT2D eigenvalue weighted by molar-refractivity contribution is 1.07. The summed E-state index contributed by atoms with van der Waals surface area (Å²) in [5.74, 6) is 0. The molecule has 0 bridgehead atoms. The first kappa shape index (κ1) is 14.3. The highest BCUT2D eigenvalue weighted by atomic mass is 29.2. The monoisotopic (exact) mass is 284 g/mol. The quantitative estimate of drug-likeness (QED) is 0.684. The van der Waals surface area contributed by atoms with E-state index < -0.39 is 8.31 Å². The van der Waals surface area contributed by atoms with Crippen LogP contribution in [0.3, 0.4) is 0 Å². The van der Waals surface area contributed by atoms with E-state index in [1.807, 2.05) is 0 Å². The van der Waals surface area contributed by atoms with Gasteiger partial charge >= 0.3 is 0 Å². The van der Waals surface area contributed by atoms with Gasteiger partial charge in [0.15, 0.2) is 0 Å². The molecular weight excluding hydrogens is 260 g/mol. The van der Waals surface area contributed by atoms with Gasteiger partial charge in [-0.15, -0.1) is 0 Å². The van der Waals surface area contributed by atoms with Gasteiger partial charge in [0, 0.05) is 17.4 Å². The van der Waals surface area contributed by atoms with Crippen LogP contribution < -0.4 is 0 Å². The van der Waals surface area contributed by atoms with E-state index in [2.05, 4.69) is 67.2 Å². The van der Waals surface area contributed by atoms with E-state index >= 15 is 0 Å². The van der Waals surface area contributed by atoms with Crippen LogP contribution in [0.2, 0.25) is 18.6 Å². The second-order valence-corrected chi connectivity index (χ2v) is 14.9. The number of aryl methyl sites for hydroxylation is 2. The molecule has 0 aliphatic carbocycles. The molecule has 0 nitrogen and oxygen atoms in total. The van der Waals surface area contributed by atoms with Gasteiger partial charge in [-0.3, -0.25) is 0 Å². The van der Waals surface area contributed by atoms with Crippen LogP contribution in [0.15, 0.2) is 60.7 Å². The maximum Gasteiger partial charge on any atom is 0.0245 e. The molecule has 0 heterocycles. The molecule has 0 amide bonds. The average Bonchev–Trinajstić information content (AvgIpc) is 2.49. The van der Waals surface area contributed by atoms with Crippen molar-refractivity contribution in [1.82, 2.24) is 0 Å². The lowest BCUT2D eigenvalue weighted by Gasteiger charge is -2.13. The predicted octanol–water partition coefficient (Wildman–Crippen LogP) is 3.41. The molecule has 0 N–H and O–H groups in total. The SMILES string of the molecule is C[SiH2][SiH](CCc1ccccc1)CCc1ccccc1. The van der Waals surface area contributed by atoms with E-state index in [9.17, 15) is 0 Å². The van der Waals surface area contributed by atoms with Crippen molar-refractivity contribution in [3.63, 3.8) is 0 Å². The molecule has 0 aliphatic rings. The van der Waals surface area contributed by atoms with Gasteiger partial charge < -0.3 is 0 Å². The molecule has 0 aromatic heterocycles. The Morgan fingerprint density at radius 1 is 0.737 bits per heavy atom. The molecule has 0 spiro atoms. The van der Waals surface area contributed by atoms with E-state index in [0.717, 1.165) is 0 Å². The van der Waals surface area contributed by atoms with Crippen LogP contribution in [0.25, 0.3) is 0 Å². The van der Waals surface area contributed by atoms with Crippen molar-refractivity contribution in [2.24, 2.45) is 0 Å². The molecule has 0 aliphatic heterocycles. The van der Waals surface area contributed by atoms with Crippen LogP contribution in [0.5, 0.6) is 0 Å². The van der Waals surface area contributed by atoms with Gasteiger partial charge in [0.05, 0.1) is 0 Å². The summed E-state index contributed by atoms with van der Waals surface area (Å²) in [6, 6.07) is 25.0. The maximum atomic E-state index is 2.52. The summed E-state index contributed by atoms with van der Waals surface area (Å²) >= 11 is 0. The summed E-state index contributed by atoms with van der Waals surface area (Å²) in [6.45, 7) is 2.52. The fourth-order valence-electron chi connectivity index (χ4n) is 2.58. The van der Waals surface area contributed by atoms with Gasteiger partial charge in [-0.1, -0.05) is 79.3 Å². The van der Waals surface area contributed by atoms with Crippen LogP contribution in [0, 0.1) is 0 Å². The van der Waals surface area contributed by atoms with Crippen molar-refractivity contribution < 1.29 is 0 Å². The minimum Gasteiger partial charge on any atom is -0.0769 e. The Morgan fingerprint density at radius 2 is 1.16 bits per heavy atom. The topological polar surface area (TPSA) is 0 Å². The summed E-state index contributed by atoms with van der Waals surface area (Å²) in [6.07, 6.45) is 2.63. The zero-order valence-corrected chi connectivity index (χ0v) is 14.5. The summed E-state index contributed by atoms with van der Waals surface area (Å²) in [4.78, 5) is 0. The molecule has 2 aromatic rings. The Bertz CT molecular complexity index is 410. The standard InChI is InChI=1S/C17H24Si2/c1-18-19(14-12-16-8-4-2-5-9-16)15-13-17-10-6-3-7-11-17/h2-11,19H,12-15,18H2,1H3. The minimum absolute atomic E-state index is 0.235. The lowest BCUT2D eigenvalue weighted by Crippen LogP contribution is -2.21. The highest BCUT2D eigenvalue weighted by Gasteiger charge is 2.09. The van der Waals surface area contributed by atoms with E-state index in [0.29, 0.717) is 0 Å². The Labute approximate surface area is 121 Å². The molecule has 0 saturated carbocycles. The molecule has 0 unspecified atom stereocenters. The van der Waals surface area contributed by atoms with Crippen LogP contribution in [0.4, 0.5) is 0 Å². The molecule has 100 valence electrons. The van der Waals surface area contributed by atoms with Gasteiger partial charge in [-0.05, 0) is 24.0 Å². The zero-order valence-electron chi connectivity index (χ0n) is 11.9. The van der Waals surface area contributed by atoms with Gasteiger partial charge in [0.25, 0.3) is 0 Å². The largest absolute Gasteiger partial charge is 0.0769 e. The van der Waals surface area contributed by atoms with Crippen molar-refractivity contribution in [3.05, 3.63) is 71.8 Å². The summed E-state index contributed by atoms with van der Waals surface area (Å²) < 4.78 is 0. The van der Waals surface area contributed by atoms with E-state index in [1.165, 1.54) is 36.1 Å². The van der Waals surface area contributed by atoms with Crippen molar-refractivity contribution in [2.75, 3.05) is 0 Å². The first-order valence-corrected chi connectivity index (χ1v) is 13.8. The number of benzene rings is 2. The first-order chi connectivity index (χ1) is 9.38. The fourth-order valence-corrected chi connectivity index (χ4v) is 8.85. The van der Waals surface area contributed by atoms with Gasteiger partial charge in [-0.2, -0.15) is 0 Å². The lowest BCUT2D eigenvalue weighted by atomic mass is 10.2. The van der Waals surface area contributed by atoms with Gasteiger partial charge in [-0.25, -0.2) is 0 Å². The van der Waals surface area contributed by atoms with Crippen molar-refractivity contribution in [1.29, 1.82) is 0 Å². The van der Waals surface area contributed by atoms with Gasteiger partial charge in [0.1, 0.15) is 0 Å². The highest BCUT2D eigenvalue weighted by Crippen LogP contribution is 2.11. The second kappa shape index (κ2) is 8.13. The maximum absolute atomic E-state index is 2.52. The summed E-state index contributed by atoms with van der Waals surface area (Å²) in [7, 11) is -0.179. The normalized spacial score (nSPS) is 11.5. The van der Waals surface area contributed by atoms with Crippen molar-refractivity contribution in [2.45, 2.75) is 31.5 Å². The van der Waals surface area contributed by atoms with Gasteiger partial charge in [0.2, 0.25) is 0 Å². The first-order valence-electron chi connectivity index (χ1n) is 7.46. The number of hydrogen-bond acceptors (Lipinski definition) is 0. The predicted molar refractivity (Wildman–Crippen MR) is 91.5 cm³/mol. The Hall–Kier alpha value is -1.13. The smallest absolute Gasteiger partial charge is 0.0245 e. The van der Waals surface area contributed by atoms with E-state index in [4.69, 9.17) is 0 Å². The molecule has 0 radical (unpaired) electrons. The van der Waals surface area contributed by atoms with E-state index in [-0.39, 0.29) is 9.04 Å². The molecule has 2 rings (SSSR count). The van der Waals surface area contributed by atoms with Crippen molar-refractivity contribution in [3.8, 4) is 0 Å². The molecular formula is C17H24Si2. The van der Waals surface area contributed by atoms with E-state index in [1.54, 1.807) is 0 Å². The Kier molecular flexibility index (Phi) is 6.11. The molecule has 0 fully saturated rings. The second-order valence-electron chi connectivity index (χ2n) is 5.32. The zero-order chi connectivity index (χ0) is 13.3. The fraction of sp³-hybridized carbons (Fsp3) is 0.294. The third-order valence-electron chi connectivity index (χ3n) is 3.95. The third-order valence-corrected chi connectivity index (χ3v) is 13.2. The number of hydrogen-bond donors (Lipinski definition) is 0. The van der Waals surface area contributed by atoms with Crippen LogP contribution in [-0.4, -0.2) is 17.4 Å². The molecule has 0 atom stereocenters. The number of rotatable bonds is 7.